The fraction of sp³-hybridized carbons (Fsp3) is 0.822. The van der Waals surface area contributed by atoms with E-state index in [-0.39, 0.29) is 26.1 Å². The van der Waals surface area contributed by atoms with E-state index >= 15 is 0 Å². The van der Waals surface area contributed by atoms with E-state index in [2.05, 4.69) is 50.3 Å². The molecule has 348 valence electrons. The van der Waals surface area contributed by atoms with Crippen molar-refractivity contribution >= 4 is 11.9 Å². The van der Waals surface area contributed by atoms with E-state index in [1.54, 1.807) is 0 Å². The Bertz CT molecular complexity index is 1200. The Morgan fingerprint density at radius 3 is 1.65 bits per heavy atom. The largest absolute Gasteiger partial charge is 0.462 e. The average Bonchev–Trinajstić information content (AvgIpc) is 3.24. The van der Waals surface area contributed by atoms with Crippen LogP contribution in [-0.2, 0) is 38.0 Å². The van der Waals surface area contributed by atoms with Gasteiger partial charge in [0.15, 0.2) is 18.7 Å². The molecule has 15 heteroatoms. The number of hydrogen-bond acceptors (Lipinski definition) is 15. The van der Waals surface area contributed by atoms with Gasteiger partial charge in [0, 0.05) is 12.8 Å². The Kier molecular flexibility index (Phi) is 29.9. The lowest BCUT2D eigenvalue weighted by Gasteiger charge is -2.42. The van der Waals surface area contributed by atoms with E-state index in [1.807, 2.05) is 0 Å². The monoisotopic (exact) mass is 859 g/mol. The third-order valence-corrected chi connectivity index (χ3v) is 10.6. The summed E-state index contributed by atoms with van der Waals surface area (Å²) in [5.41, 5.74) is 0. The molecule has 0 bridgehead atoms. The van der Waals surface area contributed by atoms with Crippen LogP contribution in [0.1, 0.15) is 142 Å². The third kappa shape index (κ3) is 22.2. The molecule has 0 aromatic carbocycles. The smallest absolute Gasteiger partial charge is 0.306 e. The number of carbonyl (C=O) groups is 2. The first-order chi connectivity index (χ1) is 29.0. The summed E-state index contributed by atoms with van der Waals surface area (Å²) >= 11 is 0. The maximum absolute atomic E-state index is 12.9. The van der Waals surface area contributed by atoms with Crippen molar-refractivity contribution in [3.8, 4) is 0 Å². The van der Waals surface area contributed by atoms with Gasteiger partial charge in [-0.2, -0.15) is 0 Å². The van der Waals surface area contributed by atoms with Crippen molar-refractivity contribution in [2.45, 2.75) is 210 Å². The topological polar surface area (TPSA) is 231 Å². The Labute approximate surface area is 357 Å². The molecule has 0 spiro atoms. The highest BCUT2D eigenvalue weighted by molar-refractivity contribution is 5.70. The summed E-state index contributed by atoms with van der Waals surface area (Å²) in [6.07, 6.45) is 14.8. The standard InChI is InChI=1S/C45H78O15/c1-3-5-7-9-11-13-14-15-16-17-18-20-22-24-26-28-37(48)58-33(30-55-36(47)27-25-23-21-19-12-10-8-6-4-2)31-56-44-43(54)41(52)39(50)35(60-44)32-57-45-42(53)40(51)38(49)34(29-46)59-45/h5,7,11,13,15-16,33-35,38-46,49-54H,3-4,6,8-10,12,14,17-32H2,1-2H3/b7-5+,13-11+,16-15+/t33-,34-,35-,38+,39+,40?,41?,42?,43?,44-,45-/m1/s1. The lowest BCUT2D eigenvalue weighted by Crippen LogP contribution is -2.61. The van der Waals surface area contributed by atoms with E-state index in [0.29, 0.717) is 12.8 Å². The Morgan fingerprint density at radius 1 is 0.550 bits per heavy atom. The summed E-state index contributed by atoms with van der Waals surface area (Å²) in [5.74, 6) is -0.950. The van der Waals surface area contributed by atoms with Crippen LogP contribution in [0.25, 0.3) is 0 Å². The molecule has 11 atom stereocenters. The van der Waals surface area contributed by atoms with Crippen LogP contribution >= 0.6 is 0 Å². The van der Waals surface area contributed by atoms with Gasteiger partial charge in [0.2, 0.25) is 0 Å². The molecule has 0 radical (unpaired) electrons. The minimum atomic E-state index is -1.77. The first-order valence-electron chi connectivity index (χ1n) is 22.6. The van der Waals surface area contributed by atoms with Crippen LogP contribution in [0.3, 0.4) is 0 Å². The molecule has 2 aliphatic heterocycles. The maximum atomic E-state index is 12.9. The predicted molar refractivity (Wildman–Crippen MR) is 224 cm³/mol. The number of aliphatic hydroxyl groups excluding tert-OH is 7. The summed E-state index contributed by atoms with van der Waals surface area (Å²) in [5, 5.41) is 71.8. The summed E-state index contributed by atoms with van der Waals surface area (Å²) in [6, 6.07) is 0. The van der Waals surface area contributed by atoms with Gasteiger partial charge in [0.25, 0.3) is 0 Å². The Balaban J connectivity index is 1.86. The molecule has 4 unspecified atom stereocenters. The summed E-state index contributed by atoms with van der Waals surface area (Å²) in [7, 11) is 0. The number of aliphatic hydroxyl groups is 7. The Hall–Kier alpha value is -2.28. The summed E-state index contributed by atoms with van der Waals surface area (Å²) < 4.78 is 33.4. The van der Waals surface area contributed by atoms with Crippen LogP contribution in [-0.4, -0.2) is 142 Å². The molecule has 2 aliphatic rings. The summed E-state index contributed by atoms with van der Waals surface area (Å²) in [6.45, 7) is 2.41. The van der Waals surface area contributed by atoms with Crippen molar-refractivity contribution in [1.82, 2.24) is 0 Å². The van der Waals surface area contributed by atoms with Gasteiger partial charge in [-0.25, -0.2) is 0 Å². The molecule has 2 saturated heterocycles. The number of carbonyl (C=O) groups excluding carboxylic acids is 2. The van der Waals surface area contributed by atoms with Crippen molar-refractivity contribution in [2.75, 3.05) is 26.4 Å². The number of hydrogen-bond donors (Lipinski definition) is 7. The molecule has 2 fully saturated rings. The maximum Gasteiger partial charge on any atom is 0.306 e. The second-order valence-corrected chi connectivity index (χ2v) is 15.9. The average molecular weight is 859 g/mol. The molecule has 60 heavy (non-hydrogen) atoms. The number of ether oxygens (including phenoxy) is 6. The van der Waals surface area contributed by atoms with Crippen LogP contribution in [0.4, 0.5) is 0 Å². The number of unbranched alkanes of at least 4 members (excludes halogenated alkanes) is 13. The first-order valence-corrected chi connectivity index (χ1v) is 22.6. The number of rotatable bonds is 33. The molecular formula is C45H78O15. The zero-order valence-corrected chi connectivity index (χ0v) is 36.2. The van der Waals surface area contributed by atoms with E-state index in [4.69, 9.17) is 28.4 Å². The fourth-order valence-corrected chi connectivity index (χ4v) is 6.88. The van der Waals surface area contributed by atoms with Gasteiger partial charge >= 0.3 is 11.9 Å². The van der Waals surface area contributed by atoms with E-state index in [0.717, 1.165) is 70.6 Å². The molecule has 2 heterocycles. The summed E-state index contributed by atoms with van der Waals surface area (Å²) in [4.78, 5) is 25.5. The minimum absolute atomic E-state index is 0.146. The van der Waals surface area contributed by atoms with Crippen LogP contribution in [0.15, 0.2) is 36.5 Å². The molecule has 0 aromatic heterocycles. The van der Waals surface area contributed by atoms with E-state index in [1.165, 1.54) is 32.1 Å². The van der Waals surface area contributed by atoms with Crippen molar-refractivity contribution in [3.63, 3.8) is 0 Å². The number of esters is 2. The molecule has 0 saturated carbocycles. The van der Waals surface area contributed by atoms with Gasteiger partial charge in [0.05, 0.1) is 19.8 Å². The molecule has 15 nitrogen and oxygen atoms in total. The predicted octanol–water partition coefficient (Wildman–Crippen LogP) is 4.59. The molecule has 0 amide bonds. The third-order valence-electron chi connectivity index (χ3n) is 10.6. The van der Waals surface area contributed by atoms with Crippen LogP contribution in [0, 0.1) is 0 Å². The lowest BCUT2D eigenvalue weighted by molar-refractivity contribution is -0.332. The van der Waals surface area contributed by atoms with Gasteiger partial charge < -0.3 is 64.2 Å². The quantitative estimate of drug-likeness (QED) is 0.0272. The first kappa shape index (κ1) is 53.9. The highest BCUT2D eigenvalue weighted by Crippen LogP contribution is 2.26. The second kappa shape index (κ2) is 33.3. The van der Waals surface area contributed by atoms with Gasteiger partial charge in [-0.05, 0) is 44.9 Å². The van der Waals surface area contributed by atoms with Crippen molar-refractivity contribution in [2.24, 2.45) is 0 Å². The number of allylic oxidation sites excluding steroid dienone is 6. The molecule has 2 rings (SSSR count). The molecule has 7 N–H and O–H groups in total. The van der Waals surface area contributed by atoms with Crippen molar-refractivity contribution < 1.29 is 73.8 Å². The van der Waals surface area contributed by atoms with Crippen molar-refractivity contribution in [3.05, 3.63) is 36.5 Å². The van der Waals surface area contributed by atoms with Gasteiger partial charge in [-0.3, -0.25) is 9.59 Å². The van der Waals surface area contributed by atoms with Crippen molar-refractivity contribution in [1.29, 1.82) is 0 Å². The van der Waals surface area contributed by atoms with E-state index in [9.17, 15) is 45.3 Å². The molecule has 0 aromatic rings. The highest BCUT2D eigenvalue weighted by atomic mass is 16.7. The molecule has 0 aliphatic carbocycles. The van der Waals surface area contributed by atoms with Gasteiger partial charge in [-0.1, -0.05) is 121 Å². The minimum Gasteiger partial charge on any atom is -0.462 e. The van der Waals surface area contributed by atoms with Crippen LogP contribution in [0.2, 0.25) is 0 Å². The van der Waals surface area contributed by atoms with Gasteiger partial charge in [0.1, 0.15) is 55.4 Å². The SMILES string of the molecule is CC/C=C/C/C=C/C/C=C/CCCCCCCC(=O)O[C@H](COC(=O)CCCCCCCCCCC)CO[C@@H]1O[C@H](CO[C@@H]2O[C@H](CO)[C@H](O)C(O)C2O)[C@H](O)C(O)C1O. The zero-order valence-electron chi connectivity index (χ0n) is 36.2. The lowest BCUT2D eigenvalue weighted by atomic mass is 9.98. The normalized spacial score (nSPS) is 27.9. The van der Waals surface area contributed by atoms with E-state index < -0.39 is 92.7 Å². The van der Waals surface area contributed by atoms with Gasteiger partial charge in [-0.15, -0.1) is 0 Å². The highest BCUT2D eigenvalue weighted by Gasteiger charge is 2.47. The molecular weight excluding hydrogens is 780 g/mol. The van der Waals surface area contributed by atoms with Crippen LogP contribution in [0.5, 0.6) is 0 Å². The Morgan fingerprint density at radius 2 is 1.05 bits per heavy atom. The fourth-order valence-electron chi connectivity index (χ4n) is 6.88. The zero-order chi connectivity index (χ0) is 44.0. The second-order valence-electron chi connectivity index (χ2n) is 15.9. The van der Waals surface area contributed by atoms with Crippen LogP contribution < -0.4 is 0 Å².